The van der Waals surface area contributed by atoms with E-state index in [0.29, 0.717) is 11.8 Å². The zero-order chi connectivity index (χ0) is 16.6. The lowest BCUT2D eigenvalue weighted by molar-refractivity contribution is 0.401. The molecule has 2 aromatic heterocycles. The Balaban J connectivity index is 1.14. The van der Waals surface area contributed by atoms with Crippen LogP contribution in [0.15, 0.2) is 18.3 Å². The van der Waals surface area contributed by atoms with Crippen LogP contribution < -0.4 is 10.2 Å². The maximum absolute atomic E-state index is 4.68. The summed E-state index contributed by atoms with van der Waals surface area (Å²) in [5.74, 6) is 4.25. The first kappa shape index (κ1) is 15.0. The van der Waals surface area contributed by atoms with Crippen molar-refractivity contribution in [3.63, 3.8) is 0 Å². The molecule has 1 aliphatic heterocycles. The van der Waals surface area contributed by atoms with Crippen LogP contribution in [-0.2, 0) is 12.8 Å². The van der Waals surface area contributed by atoms with Gasteiger partial charge in [0.25, 0.3) is 0 Å². The fourth-order valence-corrected chi connectivity index (χ4v) is 3.94. The molecule has 3 heterocycles. The van der Waals surface area contributed by atoms with Crippen molar-refractivity contribution < 1.29 is 0 Å². The van der Waals surface area contributed by atoms with Gasteiger partial charge >= 0.3 is 0 Å². The molecule has 0 aromatic carbocycles. The van der Waals surface area contributed by atoms with Crippen molar-refractivity contribution in [2.75, 3.05) is 29.9 Å². The van der Waals surface area contributed by atoms with Crippen LogP contribution in [0.3, 0.4) is 0 Å². The van der Waals surface area contributed by atoms with Gasteiger partial charge < -0.3 is 10.2 Å². The van der Waals surface area contributed by atoms with Gasteiger partial charge in [-0.05, 0) is 49.8 Å². The average Bonchev–Trinajstić information content (AvgIpc) is 3.00. The predicted molar refractivity (Wildman–Crippen MR) is 96.9 cm³/mol. The molecule has 2 fully saturated rings. The van der Waals surface area contributed by atoms with E-state index in [1.807, 2.05) is 12.3 Å². The SMILES string of the molecule is c1cc(NCC2CN(c3cc4c(nn3)CCC4)C2)nc(C2CCC2)n1. The Morgan fingerprint density at radius 3 is 2.88 bits per heavy atom. The van der Waals surface area contributed by atoms with Crippen molar-refractivity contribution >= 4 is 11.6 Å². The molecule has 0 atom stereocenters. The highest BCUT2D eigenvalue weighted by Crippen LogP contribution is 2.34. The summed E-state index contributed by atoms with van der Waals surface area (Å²) < 4.78 is 0. The number of rotatable bonds is 5. The molecule has 0 radical (unpaired) electrons. The van der Waals surface area contributed by atoms with E-state index < -0.39 is 0 Å². The van der Waals surface area contributed by atoms with Crippen LogP contribution in [0, 0.1) is 5.92 Å². The summed E-state index contributed by atoms with van der Waals surface area (Å²) in [6, 6.07) is 4.22. The van der Waals surface area contributed by atoms with Gasteiger partial charge in [0.1, 0.15) is 11.6 Å². The minimum atomic E-state index is 0.583. The molecular formula is C19H24N6. The van der Waals surface area contributed by atoms with Crippen molar-refractivity contribution in [1.82, 2.24) is 20.2 Å². The van der Waals surface area contributed by atoms with E-state index in [4.69, 9.17) is 0 Å². The van der Waals surface area contributed by atoms with E-state index in [0.717, 1.165) is 49.9 Å². The van der Waals surface area contributed by atoms with Crippen LogP contribution in [0.25, 0.3) is 0 Å². The highest BCUT2D eigenvalue weighted by atomic mass is 15.3. The number of hydrogen-bond donors (Lipinski definition) is 1. The van der Waals surface area contributed by atoms with Crippen LogP contribution in [0.5, 0.6) is 0 Å². The Bertz CT molecular complexity index is 766. The monoisotopic (exact) mass is 336 g/mol. The molecule has 1 N–H and O–H groups in total. The van der Waals surface area contributed by atoms with E-state index in [-0.39, 0.29) is 0 Å². The molecule has 3 aliphatic rings. The summed E-state index contributed by atoms with van der Waals surface area (Å²) in [4.78, 5) is 11.4. The van der Waals surface area contributed by atoms with Crippen LogP contribution >= 0.6 is 0 Å². The Morgan fingerprint density at radius 1 is 1.12 bits per heavy atom. The normalized spacial score (nSPS) is 20.1. The molecule has 2 aromatic rings. The van der Waals surface area contributed by atoms with Crippen molar-refractivity contribution in [1.29, 1.82) is 0 Å². The third-order valence-electron chi connectivity index (χ3n) is 5.80. The second-order valence-corrected chi connectivity index (χ2v) is 7.61. The highest BCUT2D eigenvalue weighted by Gasteiger charge is 2.29. The van der Waals surface area contributed by atoms with E-state index >= 15 is 0 Å². The maximum atomic E-state index is 4.68. The Hall–Kier alpha value is -2.24. The maximum Gasteiger partial charge on any atom is 0.151 e. The van der Waals surface area contributed by atoms with Crippen molar-refractivity contribution in [2.24, 2.45) is 5.92 Å². The lowest BCUT2D eigenvalue weighted by atomic mass is 9.85. The van der Waals surface area contributed by atoms with Crippen molar-refractivity contribution in [3.8, 4) is 0 Å². The number of nitrogens with zero attached hydrogens (tertiary/aromatic N) is 5. The quantitative estimate of drug-likeness (QED) is 0.905. The molecule has 1 saturated carbocycles. The van der Waals surface area contributed by atoms with Gasteiger partial charge in [-0.1, -0.05) is 6.42 Å². The number of hydrogen-bond acceptors (Lipinski definition) is 6. The van der Waals surface area contributed by atoms with Gasteiger partial charge in [0, 0.05) is 37.7 Å². The number of aromatic nitrogens is 4. The fraction of sp³-hybridized carbons (Fsp3) is 0.579. The van der Waals surface area contributed by atoms with Gasteiger partial charge in [-0.2, -0.15) is 5.10 Å². The molecule has 2 aliphatic carbocycles. The summed E-state index contributed by atoms with van der Waals surface area (Å²) >= 11 is 0. The minimum Gasteiger partial charge on any atom is -0.370 e. The molecule has 6 nitrogen and oxygen atoms in total. The van der Waals surface area contributed by atoms with Crippen molar-refractivity contribution in [2.45, 2.75) is 44.4 Å². The third-order valence-corrected chi connectivity index (χ3v) is 5.80. The van der Waals surface area contributed by atoms with Gasteiger partial charge in [-0.25, -0.2) is 9.97 Å². The number of fused-ring (bicyclic) bond motifs is 1. The lowest BCUT2D eigenvalue weighted by Gasteiger charge is -2.40. The number of aryl methyl sites for hydroxylation is 2. The summed E-state index contributed by atoms with van der Waals surface area (Å²) in [5.41, 5.74) is 2.60. The smallest absolute Gasteiger partial charge is 0.151 e. The first-order chi connectivity index (χ1) is 12.3. The molecule has 0 amide bonds. The van der Waals surface area contributed by atoms with E-state index in [9.17, 15) is 0 Å². The molecule has 25 heavy (non-hydrogen) atoms. The Kier molecular flexibility index (Phi) is 3.76. The topological polar surface area (TPSA) is 66.8 Å². The standard InChI is InChI=1S/C19H24N6/c1-3-14(4-1)19-20-8-7-17(22-19)21-10-13-11-25(12-13)18-9-15-5-2-6-16(15)23-24-18/h7-9,13-14H,1-6,10-12H2,(H,20,21,22). The molecule has 130 valence electrons. The van der Waals surface area contributed by atoms with Crippen LogP contribution in [0.1, 0.15) is 48.7 Å². The second-order valence-electron chi connectivity index (χ2n) is 7.61. The summed E-state index contributed by atoms with van der Waals surface area (Å²) in [5, 5.41) is 12.3. The molecule has 5 rings (SSSR count). The molecule has 0 unspecified atom stereocenters. The molecule has 0 bridgehead atoms. The van der Waals surface area contributed by atoms with E-state index in [1.165, 1.54) is 36.9 Å². The van der Waals surface area contributed by atoms with Crippen molar-refractivity contribution in [3.05, 3.63) is 35.4 Å². The summed E-state index contributed by atoms with van der Waals surface area (Å²) in [6.45, 7) is 3.04. The molecule has 0 spiro atoms. The third kappa shape index (κ3) is 2.94. The largest absolute Gasteiger partial charge is 0.370 e. The van der Waals surface area contributed by atoms with Gasteiger partial charge in [0.15, 0.2) is 5.82 Å². The van der Waals surface area contributed by atoms with Gasteiger partial charge in [0.2, 0.25) is 0 Å². The first-order valence-electron chi connectivity index (χ1n) is 9.52. The second kappa shape index (κ2) is 6.24. The van der Waals surface area contributed by atoms with E-state index in [1.54, 1.807) is 0 Å². The lowest BCUT2D eigenvalue weighted by Crippen LogP contribution is -2.50. The Labute approximate surface area is 148 Å². The highest BCUT2D eigenvalue weighted by molar-refractivity contribution is 5.45. The number of nitrogens with one attached hydrogen (secondary N) is 1. The van der Waals surface area contributed by atoms with Gasteiger partial charge in [0.05, 0.1) is 5.69 Å². The first-order valence-corrected chi connectivity index (χ1v) is 9.52. The van der Waals surface area contributed by atoms with Crippen LogP contribution in [-0.4, -0.2) is 39.8 Å². The molecular weight excluding hydrogens is 312 g/mol. The average molecular weight is 336 g/mol. The molecule has 1 saturated heterocycles. The zero-order valence-corrected chi connectivity index (χ0v) is 14.5. The fourth-order valence-electron chi connectivity index (χ4n) is 3.94. The summed E-state index contributed by atoms with van der Waals surface area (Å²) in [7, 11) is 0. The van der Waals surface area contributed by atoms with E-state index in [2.05, 4.69) is 36.4 Å². The van der Waals surface area contributed by atoms with Gasteiger partial charge in [-0.3, -0.25) is 0 Å². The summed E-state index contributed by atoms with van der Waals surface area (Å²) in [6.07, 6.45) is 9.16. The van der Waals surface area contributed by atoms with Gasteiger partial charge in [-0.15, -0.1) is 5.10 Å². The molecule has 6 heteroatoms. The van der Waals surface area contributed by atoms with Crippen LogP contribution in [0.4, 0.5) is 11.6 Å². The minimum absolute atomic E-state index is 0.583. The Morgan fingerprint density at radius 2 is 2.04 bits per heavy atom. The van der Waals surface area contributed by atoms with Crippen LogP contribution in [0.2, 0.25) is 0 Å². The number of anilines is 2. The zero-order valence-electron chi connectivity index (χ0n) is 14.5. The predicted octanol–water partition coefficient (Wildman–Crippen LogP) is 2.57.